The highest BCUT2D eigenvalue weighted by molar-refractivity contribution is 7.99. The van der Waals surface area contributed by atoms with E-state index in [0.29, 0.717) is 5.02 Å². The average molecular weight is 575 g/mol. The van der Waals surface area contributed by atoms with Crippen LogP contribution in [0.4, 0.5) is 13.2 Å². The van der Waals surface area contributed by atoms with Crippen LogP contribution in [-0.4, -0.2) is 36.8 Å². The van der Waals surface area contributed by atoms with Gasteiger partial charge in [-0.3, -0.25) is 4.98 Å². The van der Waals surface area contributed by atoms with Gasteiger partial charge in [0.2, 0.25) is 0 Å². The topological polar surface area (TPSA) is 80.9 Å². The maximum Gasteiger partial charge on any atom is 0.490 e. The van der Waals surface area contributed by atoms with Gasteiger partial charge in [-0.25, -0.2) is 14.8 Å². The summed E-state index contributed by atoms with van der Waals surface area (Å²) in [7, 11) is 2.02. The highest BCUT2D eigenvalue weighted by atomic mass is 35.5. The minimum Gasteiger partial charge on any atom is -0.475 e. The Morgan fingerprint density at radius 3 is 2.26 bits per heavy atom. The fourth-order valence-corrected chi connectivity index (χ4v) is 5.01. The second kappa shape index (κ2) is 11.8. The molecule has 0 radical (unpaired) electrons. The number of hydrogen-bond donors (Lipinski definition) is 1. The van der Waals surface area contributed by atoms with E-state index in [4.69, 9.17) is 26.5 Å². The van der Waals surface area contributed by atoms with Gasteiger partial charge in [0.25, 0.3) is 0 Å². The SMILES string of the molecule is Cn1c(-c2cccnc2)nc(-c2ccc(-c3ccsc3)cc2)c1Sc1ccc(Cl)cn1.O=C(O)C(F)(F)F. The molecule has 1 N–H and O–H groups in total. The fraction of sp³-hybridized carbons (Fsp3) is 0.0769. The molecule has 4 aromatic heterocycles. The van der Waals surface area contributed by atoms with Crippen LogP contribution < -0.4 is 0 Å². The van der Waals surface area contributed by atoms with Crippen LogP contribution in [0.25, 0.3) is 33.8 Å². The molecule has 5 aromatic rings. The number of alkyl halides is 3. The summed E-state index contributed by atoms with van der Waals surface area (Å²) in [5, 5.41) is 13.9. The Morgan fingerprint density at radius 2 is 1.71 bits per heavy atom. The first-order chi connectivity index (χ1) is 18.1. The van der Waals surface area contributed by atoms with Crippen LogP contribution in [0.15, 0.2) is 94.0 Å². The van der Waals surface area contributed by atoms with Crippen molar-refractivity contribution in [1.82, 2.24) is 19.5 Å². The normalized spacial score (nSPS) is 11.1. The first-order valence-electron chi connectivity index (χ1n) is 10.8. The van der Waals surface area contributed by atoms with Gasteiger partial charge in [-0.2, -0.15) is 24.5 Å². The van der Waals surface area contributed by atoms with Gasteiger partial charge in [-0.05, 0) is 64.0 Å². The zero-order chi connectivity index (χ0) is 27.3. The van der Waals surface area contributed by atoms with Gasteiger partial charge in [0.1, 0.15) is 21.6 Å². The van der Waals surface area contributed by atoms with E-state index in [1.165, 1.54) is 11.1 Å². The standard InChI is InChI=1S/C24H17ClN4S2.C2HF3O2/c1-29-23(18-3-2-11-26-13-18)28-22(24(29)31-21-9-8-20(25)14-27-21)17-6-4-16(5-7-17)19-10-12-30-15-19;3-2(4,5)1(6)7/h2-15H,1H3;(H,6,7). The average Bonchev–Trinajstić information content (AvgIpc) is 3.55. The van der Waals surface area contributed by atoms with Gasteiger partial charge in [0.15, 0.2) is 0 Å². The number of aliphatic carboxylic acids is 1. The molecule has 0 amide bonds. The van der Waals surface area contributed by atoms with E-state index in [1.54, 1.807) is 35.5 Å². The number of pyridine rings is 2. The summed E-state index contributed by atoms with van der Waals surface area (Å²) in [6.07, 6.45) is 0.183. The summed E-state index contributed by atoms with van der Waals surface area (Å²) in [5.74, 6) is -1.89. The van der Waals surface area contributed by atoms with E-state index in [2.05, 4.69) is 55.6 Å². The number of hydrogen-bond acceptors (Lipinski definition) is 6. The third-order valence-corrected chi connectivity index (χ3v) is 7.14. The molecule has 6 nitrogen and oxygen atoms in total. The predicted octanol–water partition coefficient (Wildman–Crippen LogP) is 7.71. The fourth-order valence-electron chi connectivity index (χ4n) is 3.31. The van der Waals surface area contributed by atoms with Crippen molar-refractivity contribution in [3.63, 3.8) is 0 Å². The first kappa shape index (κ1) is 27.4. The van der Waals surface area contributed by atoms with Crippen molar-refractivity contribution < 1.29 is 23.1 Å². The molecule has 5 rings (SSSR count). The quantitative estimate of drug-likeness (QED) is 0.231. The molecule has 0 saturated heterocycles. The van der Waals surface area contributed by atoms with Crippen LogP contribution in [0.3, 0.4) is 0 Å². The predicted molar refractivity (Wildman–Crippen MR) is 142 cm³/mol. The van der Waals surface area contributed by atoms with Crippen LogP contribution in [0.2, 0.25) is 5.02 Å². The Hall–Kier alpha value is -3.67. The lowest BCUT2D eigenvalue weighted by atomic mass is 10.1. The van der Waals surface area contributed by atoms with E-state index < -0.39 is 12.1 Å². The maximum absolute atomic E-state index is 10.6. The Labute approximate surface area is 228 Å². The molecular formula is C26H18ClF3N4O2S2. The maximum atomic E-state index is 10.6. The number of carbonyl (C=O) groups is 1. The van der Waals surface area contributed by atoms with Crippen LogP contribution in [0, 0.1) is 0 Å². The second-order valence-corrected chi connectivity index (χ2v) is 9.92. The molecule has 0 aliphatic carbocycles. The minimum atomic E-state index is -5.08. The van der Waals surface area contributed by atoms with E-state index in [0.717, 1.165) is 32.7 Å². The minimum absolute atomic E-state index is 0.620. The molecule has 0 bridgehead atoms. The molecule has 194 valence electrons. The zero-order valence-corrected chi connectivity index (χ0v) is 21.9. The van der Waals surface area contributed by atoms with Crippen LogP contribution in [0.1, 0.15) is 0 Å². The van der Waals surface area contributed by atoms with Crippen LogP contribution in [0.5, 0.6) is 0 Å². The number of carboxylic acid groups (broad SMARTS) is 1. The van der Waals surface area contributed by atoms with E-state index in [-0.39, 0.29) is 0 Å². The highest BCUT2D eigenvalue weighted by Crippen LogP contribution is 2.38. The lowest BCUT2D eigenvalue weighted by Crippen LogP contribution is -2.21. The van der Waals surface area contributed by atoms with Gasteiger partial charge in [-0.1, -0.05) is 35.9 Å². The molecule has 0 spiro atoms. The summed E-state index contributed by atoms with van der Waals surface area (Å²) in [6.45, 7) is 0. The number of carboxylic acids is 1. The summed E-state index contributed by atoms with van der Waals surface area (Å²) < 4.78 is 33.8. The van der Waals surface area contributed by atoms with E-state index >= 15 is 0 Å². The number of rotatable bonds is 5. The van der Waals surface area contributed by atoms with Crippen LogP contribution in [-0.2, 0) is 11.8 Å². The van der Waals surface area contributed by atoms with Crippen molar-refractivity contribution in [2.45, 2.75) is 16.2 Å². The molecule has 4 heterocycles. The largest absolute Gasteiger partial charge is 0.490 e. The van der Waals surface area contributed by atoms with Crippen molar-refractivity contribution in [3.8, 4) is 33.8 Å². The summed E-state index contributed by atoms with van der Waals surface area (Å²) >= 11 is 9.29. The summed E-state index contributed by atoms with van der Waals surface area (Å²) in [4.78, 5) is 22.6. The Morgan fingerprint density at radius 1 is 1.00 bits per heavy atom. The number of aromatic nitrogens is 4. The molecule has 0 aliphatic rings. The van der Waals surface area contributed by atoms with Crippen molar-refractivity contribution in [2.75, 3.05) is 0 Å². The lowest BCUT2D eigenvalue weighted by molar-refractivity contribution is -0.192. The van der Waals surface area contributed by atoms with E-state index in [9.17, 15) is 13.2 Å². The Bertz CT molecular complexity index is 1510. The molecule has 0 fully saturated rings. The van der Waals surface area contributed by atoms with Gasteiger partial charge in [0.05, 0.1) is 5.02 Å². The number of thiophene rings is 1. The van der Waals surface area contributed by atoms with Gasteiger partial charge >= 0.3 is 12.1 Å². The Kier molecular flexibility index (Phi) is 8.50. The molecule has 0 atom stereocenters. The monoisotopic (exact) mass is 574 g/mol. The second-order valence-electron chi connectivity index (χ2n) is 7.70. The van der Waals surface area contributed by atoms with Crippen molar-refractivity contribution in [2.24, 2.45) is 7.05 Å². The van der Waals surface area contributed by atoms with Gasteiger partial charge in [-0.15, -0.1) is 0 Å². The van der Waals surface area contributed by atoms with Crippen molar-refractivity contribution in [3.05, 3.63) is 89.0 Å². The third-order valence-electron chi connectivity index (χ3n) is 5.12. The lowest BCUT2D eigenvalue weighted by Gasteiger charge is -2.07. The van der Waals surface area contributed by atoms with E-state index in [1.807, 2.05) is 37.5 Å². The summed E-state index contributed by atoms with van der Waals surface area (Å²) in [6, 6.07) is 18.4. The van der Waals surface area contributed by atoms with Gasteiger partial charge in [0, 0.05) is 36.8 Å². The first-order valence-corrected chi connectivity index (χ1v) is 13.0. The molecule has 12 heteroatoms. The Balaban J connectivity index is 0.000000426. The van der Waals surface area contributed by atoms with Crippen molar-refractivity contribution in [1.29, 1.82) is 0 Å². The highest BCUT2D eigenvalue weighted by Gasteiger charge is 2.38. The molecule has 0 saturated carbocycles. The third kappa shape index (κ3) is 6.60. The number of benzene rings is 1. The molecule has 0 unspecified atom stereocenters. The van der Waals surface area contributed by atoms with Crippen molar-refractivity contribution >= 4 is 40.7 Å². The molecule has 1 aromatic carbocycles. The molecular weight excluding hydrogens is 557 g/mol. The van der Waals surface area contributed by atoms with Crippen LogP contribution >= 0.6 is 34.7 Å². The number of imidazole rings is 1. The summed E-state index contributed by atoms with van der Waals surface area (Å²) in [5.41, 5.74) is 5.37. The zero-order valence-electron chi connectivity index (χ0n) is 19.6. The molecule has 0 aliphatic heterocycles. The molecule has 38 heavy (non-hydrogen) atoms. The number of halogens is 4. The van der Waals surface area contributed by atoms with Gasteiger partial charge < -0.3 is 9.67 Å². The smallest absolute Gasteiger partial charge is 0.475 e. The number of nitrogens with zero attached hydrogens (tertiary/aromatic N) is 4.